The molecule has 2 fully saturated rings. The Hall–Kier alpha value is -1.37. The summed E-state index contributed by atoms with van der Waals surface area (Å²) in [7, 11) is 3.67. The van der Waals surface area contributed by atoms with Crippen molar-refractivity contribution in [1.82, 2.24) is 0 Å². The molecule has 0 atom stereocenters. The number of amides is 1. The number of rotatable bonds is 5. The third-order valence-corrected chi connectivity index (χ3v) is 8.91. The fourth-order valence-corrected chi connectivity index (χ4v) is 6.71. The summed E-state index contributed by atoms with van der Waals surface area (Å²) in [6.07, 6.45) is 13.0. The van der Waals surface area contributed by atoms with Gasteiger partial charge in [0.15, 0.2) is 0 Å². The maximum absolute atomic E-state index is 14.0. The van der Waals surface area contributed by atoms with Crippen LogP contribution in [0.15, 0.2) is 12.1 Å². The smallest absolute Gasteiger partial charge is 0.350 e. The molecule has 33 heavy (non-hydrogen) atoms. The van der Waals surface area contributed by atoms with Gasteiger partial charge in [-0.3, -0.25) is 4.79 Å². The van der Waals surface area contributed by atoms with Crippen LogP contribution in [0.3, 0.4) is 0 Å². The van der Waals surface area contributed by atoms with Gasteiger partial charge in [0.05, 0.1) is 32.9 Å². The first kappa shape index (κ1) is 26.2. The average molecular weight is 495 g/mol. The topological polar surface area (TPSA) is 51.0 Å². The number of hydrogen-bond acceptors (Lipinski definition) is 4. The molecule has 1 saturated heterocycles. The van der Waals surface area contributed by atoms with Crippen LogP contribution < -0.4 is 22.2 Å². The van der Waals surface area contributed by atoms with Crippen molar-refractivity contribution in [1.29, 1.82) is 0 Å². The molecular formula is C26H39ClN2O3S. The molecule has 0 spiro atoms. The number of methoxy groups -OCH3 is 1. The highest BCUT2D eigenvalue weighted by molar-refractivity contribution is 7.15. The van der Waals surface area contributed by atoms with Crippen LogP contribution in [-0.4, -0.2) is 45.2 Å². The molecule has 0 bridgehead atoms. The minimum absolute atomic E-state index is 0. The molecule has 0 unspecified atom stereocenters. The van der Waals surface area contributed by atoms with Gasteiger partial charge in [0.25, 0.3) is 0 Å². The van der Waals surface area contributed by atoms with Crippen molar-refractivity contribution >= 4 is 34.5 Å². The van der Waals surface area contributed by atoms with Gasteiger partial charge in [-0.2, -0.15) is 0 Å². The predicted octanol–water partition coefficient (Wildman–Crippen LogP) is 1.33. The number of anilines is 1. The molecule has 2 heterocycles. The first-order valence-corrected chi connectivity index (χ1v) is 13.4. The molecule has 1 aromatic rings. The Morgan fingerprint density at radius 3 is 2.39 bits per heavy atom. The minimum atomic E-state index is -0.318. The summed E-state index contributed by atoms with van der Waals surface area (Å²) in [6.45, 7) is 4.41. The zero-order valence-electron chi connectivity index (χ0n) is 20.3. The second-order valence-corrected chi connectivity index (χ2v) is 11.2. The largest absolute Gasteiger partial charge is 1.00 e. The van der Waals surface area contributed by atoms with E-state index in [0.717, 1.165) is 75.0 Å². The summed E-state index contributed by atoms with van der Waals surface area (Å²) in [5.41, 5.74) is 2.13. The fourth-order valence-electron chi connectivity index (χ4n) is 5.57. The van der Waals surface area contributed by atoms with Crippen LogP contribution in [0.2, 0.25) is 0 Å². The standard InChI is InChI=1S/C26H38N2O3S.ClH/c1-18-9-11-20(12-10-18)25(29)28(21-13-15-27(2)16-14-21)22-17-23(19-7-5-4-6-8-19)32-24(22)26(30)31-3;/h7,17-18,20-21H,4-6,8-16H2,1-3H3;1H. The van der Waals surface area contributed by atoms with E-state index < -0.39 is 0 Å². The van der Waals surface area contributed by atoms with Gasteiger partial charge in [0.1, 0.15) is 4.88 Å². The number of likely N-dealkylation sites (tertiary alicyclic amines) is 1. The van der Waals surface area contributed by atoms with Gasteiger partial charge in [-0.05, 0) is 68.9 Å². The number of ether oxygens (including phenoxy) is 1. The molecule has 5 nitrogen and oxygen atoms in total. The van der Waals surface area contributed by atoms with Gasteiger partial charge < -0.3 is 26.9 Å². The second kappa shape index (κ2) is 11.9. The van der Waals surface area contributed by atoms with Gasteiger partial charge >= 0.3 is 5.97 Å². The Kier molecular flexibility index (Phi) is 9.42. The van der Waals surface area contributed by atoms with Gasteiger partial charge in [0, 0.05) is 29.7 Å². The van der Waals surface area contributed by atoms with Gasteiger partial charge in [0.2, 0.25) is 5.91 Å². The first-order chi connectivity index (χ1) is 15.5. The maximum atomic E-state index is 14.0. The number of allylic oxidation sites excluding steroid dienone is 2. The zero-order valence-corrected chi connectivity index (χ0v) is 21.9. The van der Waals surface area contributed by atoms with Crippen LogP contribution >= 0.6 is 11.3 Å². The molecule has 184 valence electrons. The van der Waals surface area contributed by atoms with Gasteiger partial charge in [-0.25, -0.2) is 4.79 Å². The molecule has 2 aliphatic carbocycles. The van der Waals surface area contributed by atoms with E-state index >= 15 is 0 Å². The molecule has 1 aliphatic heterocycles. The molecule has 7 heteroatoms. The number of nitrogens with one attached hydrogen (secondary N) is 1. The zero-order chi connectivity index (χ0) is 22.7. The number of esters is 1. The van der Waals surface area contributed by atoms with E-state index in [9.17, 15) is 9.59 Å². The summed E-state index contributed by atoms with van der Waals surface area (Å²) >= 11 is 1.51. The van der Waals surface area contributed by atoms with E-state index in [0.29, 0.717) is 10.8 Å². The van der Waals surface area contributed by atoms with Crippen LogP contribution in [0.5, 0.6) is 0 Å². The SMILES string of the molecule is COC(=O)c1sc(C2=CCCCC2)cc1N(C(=O)C1CCC(C)CC1)C1CC[NH+](C)CC1.[Cl-]. The summed E-state index contributed by atoms with van der Waals surface area (Å²) < 4.78 is 5.18. The quantitative estimate of drug-likeness (QED) is 0.628. The third kappa shape index (κ3) is 6.01. The molecule has 1 saturated carbocycles. The van der Waals surface area contributed by atoms with Crippen molar-refractivity contribution in [2.75, 3.05) is 32.1 Å². The summed E-state index contributed by atoms with van der Waals surface area (Å²) in [5.74, 6) is 0.687. The van der Waals surface area contributed by atoms with Crippen molar-refractivity contribution < 1.29 is 31.6 Å². The molecule has 3 aliphatic rings. The summed E-state index contributed by atoms with van der Waals surface area (Å²) in [5, 5.41) is 0. The van der Waals surface area contributed by atoms with E-state index in [-0.39, 0.29) is 36.2 Å². The minimum Gasteiger partial charge on any atom is -1.00 e. The summed E-state index contributed by atoms with van der Waals surface area (Å²) in [4.78, 5) is 32.1. The van der Waals surface area contributed by atoms with Gasteiger partial charge in [-0.1, -0.05) is 13.0 Å². The van der Waals surface area contributed by atoms with E-state index in [4.69, 9.17) is 4.74 Å². The van der Waals surface area contributed by atoms with Crippen LogP contribution in [0.4, 0.5) is 5.69 Å². The molecule has 1 N–H and O–H groups in total. The van der Waals surface area contributed by atoms with Crippen molar-refractivity contribution in [3.8, 4) is 0 Å². The van der Waals surface area contributed by atoms with Crippen molar-refractivity contribution in [2.45, 2.75) is 77.2 Å². The lowest BCUT2D eigenvalue weighted by atomic mass is 9.82. The lowest BCUT2D eigenvalue weighted by molar-refractivity contribution is -0.884. The lowest BCUT2D eigenvalue weighted by Gasteiger charge is -2.38. The van der Waals surface area contributed by atoms with E-state index in [1.54, 1.807) is 0 Å². The van der Waals surface area contributed by atoms with Crippen LogP contribution in [0.25, 0.3) is 5.57 Å². The highest BCUT2D eigenvalue weighted by atomic mass is 35.5. The van der Waals surface area contributed by atoms with Crippen molar-refractivity contribution in [2.24, 2.45) is 11.8 Å². The van der Waals surface area contributed by atoms with Crippen molar-refractivity contribution in [3.05, 3.63) is 21.9 Å². The molecule has 1 amide bonds. The molecule has 4 rings (SSSR count). The normalized spacial score (nSPS) is 27.8. The van der Waals surface area contributed by atoms with E-state index in [2.05, 4.69) is 26.1 Å². The number of carbonyl (C=O) groups excluding carboxylic acids is 2. The highest BCUT2D eigenvalue weighted by Crippen LogP contribution is 2.41. The van der Waals surface area contributed by atoms with Crippen LogP contribution in [-0.2, 0) is 9.53 Å². The number of halogens is 1. The molecule has 0 aromatic carbocycles. The molecular weight excluding hydrogens is 456 g/mol. The lowest BCUT2D eigenvalue weighted by Crippen LogP contribution is -3.10. The van der Waals surface area contributed by atoms with Crippen LogP contribution in [0.1, 0.15) is 85.7 Å². The Bertz CT molecular complexity index is 852. The Morgan fingerprint density at radius 2 is 1.79 bits per heavy atom. The fraction of sp³-hybridized carbons (Fsp3) is 0.692. The Morgan fingerprint density at radius 1 is 1.09 bits per heavy atom. The van der Waals surface area contributed by atoms with E-state index in [1.165, 1.54) is 41.8 Å². The maximum Gasteiger partial charge on any atom is 0.350 e. The Labute approximate surface area is 209 Å². The monoisotopic (exact) mass is 494 g/mol. The first-order valence-electron chi connectivity index (χ1n) is 12.5. The number of hydrogen-bond donors (Lipinski definition) is 1. The summed E-state index contributed by atoms with van der Waals surface area (Å²) in [6, 6.07) is 2.29. The van der Waals surface area contributed by atoms with Crippen molar-refractivity contribution in [3.63, 3.8) is 0 Å². The second-order valence-electron chi connectivity index (χ2n) is 10.1. The number of nitrogens with zero attached hydrogens (tertiary/aromatic N) is 1. The number of piperidine rings is 1. The average Bonchev–Trinajstić information content (AvgIpc) is 3.26. The number of quaternary nitrogens is 1. The Balaban J connectivity index is 0.00000306. The predicted molar refractivity (Wildman–Crippen MR) is 130 cm³/mol. The molecule has 1 aromatic heterocycles. The molecule has 0 radical (unpaired) electrons. The van der Waals surface area contributed by atoms with Gasteiger partial charge in [-0.15, -0.1) is 11.3 Å². The number of carbonyl (C=O) groups is 2. The third-order valence-electron chi connectivity index (χ3n) is 7.73. The number of thiophene rings is 1. The highest BCUT2D eigenvalue weighted by Gasteiger charge is 2.38. The van der Waals surface area contributed by atoms with E-state index in [1.807, 2.05) is 4.90 Å². The van der Waals surface area contributed by atoms with Crippen LogP contribution in [0, 0.1) is 11.8 Å².